The Balaban J connectivity index is 3.36. The minimum absolute atomic E-state index is 0.110. The van der Waals surface area contributed by atoms with Gasteiger partial charge in [-0.05, 0) is 48.9 Å². The van der Waals surface area contributed by atoms with Crippen LogP contribution in [0.1, 0.15) is 36.1 Å². The van der Waals surface area contributed by atoms with Gasteiger partial charge in [-0.2, -0.15) is 0 Å². The zero-order valence-corrected chi connectivity index (χ0v) is 11.0. The van der Waals surface area contributed by atoms with Crippen molar-refractivity contribution < 1.29 is 5.11 Å². The smallest absolute Gasteiger partial charge is 0.104 e. The molecule has 0 spiro atoms. The van der Waals surface area contributed by atoms with Gasteiger partial charge in [-0.3, -0.25) is 0 Å². The van der Waals surface area contributed by atoms with E-state index in [1.54, 1.807) is 0 Å². The summed E-state index contributed by atoms with van der Waals surface area (Å²) in [6.45, 7) is 10.4. The molecule has 0 fully saturated rings. The lowest BCUT2D eigenvalue weighted by molar-refractivity contribution is -0.00176. The normalized spacial score (nSPS) is 15.2. The molecule has 1 aromatic rings. The van der Waals surface area contributed by atoms with Crippen molar-refractivity contribution >= 4 is 0 Å². The average Bonchev–Trinajstić information content (AvgIpc) is 2.22. The molecule has 0 aliphatic rings. The SMILES string of the molecule is Cc1cc(C)c(C(O)(CN)C(C)C)cc1C. The molecule has 0 saturated carbocycles. The molecule has 0 saturated heterocycles. The highest BCUT2D eigenvalue weighted by molar-refractivity contribution is 5.40. The van der Waals surface area contributed by atoms with Crippen LogP contribution in [0.25, 0.3) is 0 Å². The van der Waals surface area contributed by atoms with Crippen molar-refractivity contribution in [1.29, 1.82) is 0 Å². The Morgan fingerprint density at radius 1 is 1.12 bits per heavy atom. The largest absolute Gasteiger partial charge is 0.384 e. The number of aryl methyl sites for hydroxylation is 3. The predicted octanol–water partition coefficient (Wildman–Crippen LogP) is 2.41. The second-order valence-corrected chi connectivity index (χ2v) is 5.03. The monoisotopic (exact) mass is 221 g/mol. The average molecular weight is 221 g/mol. The molecule has 3 N–H and O–H groups in total. The topological polar surface area (TPSA) is 46.2 Å². The fourth-order valence-corrected chi connectivity index (χ4v) is 2.08. The molecule has 1 rings (SSSR count). The molecule has 90 valence electrons. The van der Waals surface area contributed by atoms with Crippen LogP contribution in [0.5, 0.6) is 0 Å². The lowest BCUT2D eigenvalue weighted by Gasteiger charge is -2.33. The number of hydrogen-bond donors (Lipinski definition) is 2. The molecule has 0 amide bonds. The summed E-state index contributed by atoms with van der Waals surface area (Å²) in [7, 11) is 0. The van der Waals surface area contributed by atoms with Crippen LogP contribution in [0.4, 0.5) is 0 Å². The first-order chi connectivity index (χ1) is 7.32. The molecule has 0 radical (unpaired) electrons. The molecule has 2 heteroatoms. The molecule has 0 aliphatic carbocycles. The summed E-state index contributed by atoms with van der Waals surface area (Å²) in [4.78, 5) is 0. The summed E-state index contributed by atoms with van der Waals surface area (Å²) >= 11 is 0. The van der Waals surface area contributed by atoms with Crippen molar-refractivity contribution in [3.05, 3.63) is 34.4 Å². The highest BCUT2D eigenvalue weighted by Crippen LogP contribution is 2.32. The van der Waals surface area contributed by atoms with E-state index in [-0.39, 0.29) is 12.5 Å². The van der Waals surface area contributed by atoms with Crippen LogP contribution < -0.4 is 5.73 Å². The number of nitrogens with two attached hydrogens (primary N) is 1. The summed E-state index contributed by atoms with van der Waals surface area (Å²) < 4.78 is 0. The molecule has 0 heterocycles. The van der Waals surface area contributed by atoms with Crippen LogP contribution in [0, 0.1) is 26.7 Å². The van der Waals surface area contributed by atoms with Gasteiger partial charge in [0.1, 0.15) is 5.60 Å². The highest BCUT2D eigenvalue weighted by Gasteiger charge is 2.33. The first-order valence-electron chi connectivity index (χ1n) is 5.83. The predicted molar refractivity (Wildman–Crippen MR) is 68.4 cm³/mol. The third-order valence-corrected chi connectivity index (χ3v) is 3.57. The van der Waals surface area contributed by atoms with E-state index in [0.29, 0.717) is 0 Å². The summed E-state index contributed by atoms with van der Waals surface area (Å²) in [5.41, 5.74) is 9.37. The van der Waals surface area contributed by atoms with Crippen molar-refractivity contribution in [3.63, 3.8) is 0 Å². The Bertz CT molecular complexity index is 385. The van der Waals surface area contributed by atoms with Crippen LogP contribution in [-0.2, 0) is 5.60 Å². The van der Waals surface area contributed by atoms with Gasteiger partial charge in [0, 0.05) is 6.54 Å². The zero-order valence-electron chi connectivity index (χ0n) is 11.0. The summed E-state index contributed by atoms with van der Waals surface area (Å²) in [6.07, 6.45) is 0. The van der Waals surface area contributed by atoms with Crippen LogP contribution in [0.15, 0.2) is 12.1 Å². The second kappa shape index (κ2) is 4.56. The van der Waals surface area contributed by atoms with E-state index in [1.165, 1.54) is 11.1 Å². The Morgan fingerprint density at radius 3 is 2.06 bits per heavy atom. The fourth-order valence-electron chi connectivity index (χ4n) is 2.08. The van der Waals surface area contributed by atoms with Gasteiger partial charge < -0.3 is 10.8 Å². The van der Waals surface area contributed by atoms with Gasteiger partial charge in [-0.15, -0.1) is 0 Å². The van der Waals surface area contributed by atoms with Crippen LogP contribution in [-0.4, -0.2) is 11.7 Å². The van der Waals surface area contributed by atoms with Gasteiger partial charge in [0.2, 0.25) is 0 Å². The standard InChI is InChI=1S/C14H23NO/c1-9(2)14(16,8-15)13-7-11(4)10(3)6-12(13)5/h6-7,9,16H,8,15H2,1-5H3. The Kier molecular flexibility index (Phi) is 3.76. The van der Waals surface area contributed by atoms with Gasteiger partial charge in [0.05, 0.1) is 0 Å². The van der Waals surface area contributed by atoms with E-state index >= 15 is 0 Å². The van der Waals surface area contributed by atoms with Gasteiger partial charge in [0.25, 0.3) is 0 Å². The van der Waals surface area contributed by atoms with Crippen molar-refractivity contribution in [2.45, 2.75) is 40.2 Å². The Labute approximate surface area is 98.5 Å². The third kappa shape index (κ3) is 2.13. The number of hydrogen-bond acceptors (Lipinski definition) is 2. The molecule has 16 heavy (non-hydrogen) atoms. The number of aliphatic hydroxyl groups is 1. The molecule has 2 nitrogen and oxygen atoms in total. The zero-order chi connectivity index (χ0) is 12.5. The fraction of sp³-hybridized carbons (Fsp3) is 0.571. The lowest BCUT2D eigenvalue weighted by Crippen LogP contribution is -2.40. The quantitative estimate of drug-likeness (QED) is 0.823. The van der Waals surface area contributed by atoms with Crippen molar-refractivity contribution in [3.8, 4) is 0 Å². The lowest BCUT2D eigenvalue weighted by atomic mass is 9.80. The molecule has 0 aliphatic heterocycles. The maximum Gasteiger partial charge on any atom is 0.104 e. The second-order valence-electron chi connectivity index (χ2n) is 5.03. The first kappa shape index (κ1) is 13.2. The number of rotatable bonds is 3. The van der Waals surface area contributed by atoms with Crippen LogP contribution in [0.2, 0.25) is 0 Å². The van der Waals surface area contributed by atoms with Crippen molar-refractivity contribution in [1.82, 2.24) is 0 Å². The van der Waals surface area contributed by atoms with Crippen molar-refractivity contribution in [2.24, 2.45) is 11.7 Å². The molecule has 1 unspecified atom stereocenters. The molecular weight excluding hydrogens is 198 g/mol. The molecule has 0 aromatic heterocycles. The van der Waals surface area contributed by atoms with Gasteiger partial charge in [-0.25, -0.2) is 0 Å². The minimum Gasteiger partial charge on any atom is -0.384 e. The molecule has 0 bridgehead atoms. The van der Waals surface area contributed by atoms with Crippen molar-refractivity contribution in [2.75, 3.05) is 6.54 Å². The van der Waals surface area contributed by atoms with Crippen LogP contribution >= 0.6 is 0 Å². The van der Waals surface area contributed by atoms with E-state index in [2.05, 4.69) is 26.0 Å². The summed E-state index contributed by atoms with van der Waals surface area (Å²) in [5.74, 6) is 0.110. The maximum atomic E-state index is 10.6. The Morgan fingerprint density at radius 2 is 1.62 bits per heavy atom. The van der Waals surface area contributed by atoms with Crippen LogP contribution in [0.3, 0.4) is 0 Å². The molecule has 1 atom stereocenters. The van der Waals surface area contributed by atoms with E-state index < -0.39 is 5.60 Å². The minimum atomic E-state index is -0.914. The summed E-state index contributed by atoms with van der Waals surface area (Å²) in [6, 6.07) is 4.19. The van der Waals surface area contributed by atoms with E-state index in [4.69, 9.17) is 5.73 Å². The van der Waals surface area contributed by atoms with E-state index in [1.807, 2.05) is 20.8 Å². The van der Waals surface area contributed by atoms with E-state index in [0.717, 1.165) is 11.1 Å². The first-order valence-corrected chi connectivity index (χ1v) is 5.83. The number of benzene rings is 1. The van der Waals surface area contributed by atoms with Gasteiger partial charge in [-0.1, -0.05) is 26.0 Å². The highest BCUT2D eigenvalue weighted by atomic mass is 16.3. The summed E-state index contributed by atoms with van der Waals surface area (Å²) in [5, 5.41) is 10.6. The maximum absolute atomic E-state index is 10.6. The molecular formula is C14H23NO. The van der Waals surface area contributed by atoms with Gasteiger partial charge in [0.15, 0.2) is 0 Å². The Hall–Kier alpha value is -0.860. The van der Waals surface area contributed by atoms with E-state index in [9.17, 15) is 5.11 Å². The van der Waals surface area contributed by atoms with Gasteiger partial charge >= 0.3 is 0 Å². The molecule has 1 aromatic carbocycles. The third-order valence-electron chi connectivity index (χ3n) is 3.57.